The third-order valence-electron chi connectivity index (χ3n) is 2.00. The fourth-order valence-electron chi connectivity index (χ4n) is 1.15. The number of halogens is 3. The van der Waals surface area contributed by atoms with E-state index in [-0.39, 0.29) is 18.0 Å². The molecule has 0 aliphatic heterocycles. The van der Waals surface area contributed by atoms with Crippen LogP contribution in [0.1, 0.15) is 12.5 Å². The van der Waals surface area contributed by atoms with Crippen molar-refractivity contribution < 1.29 is 22.7 Å². The molecule has 0 N–H and O–H groups in total. The van der Waals surface area contributed by atoms with Crippen molar-refractivity contribution in [2.75, 3.05) is 0 Å². The highest BCUT2D eigenvalue weighted by Crippen LogP contribution is 2.22. The minimum absolute atomic E-state index is 0.127. The summed E-state index contributed by atoms with van der Waals surface area (Å²) < 4.78 is 39.3. The molecule has 0 heterocycles. The number of rotatable bonds is 4. The van der Waals surface area contributed by atoms with Crippen LogP contribution in [0.3, 0.4) is 0 Å². The number of allylic oxidation sites excluding steroid dienone is 1. The molecule has 0 aromatic heterocycles. The van der Waals surface area contributed by atoms with Crippen LogP contribution in [0.5, 0.6) is 5.75 Å². The van der Waals surface area contributed by atoms with E-state index in [1.54, 1.807) is 6.92 Å². The predicted octanol–water partition coefficient (Wildman–Crippen LogP) is 3.27. The Morgan fingerprint density at radius 1 is 1.29 bits per heavy atom. The molecule has 1 aromatic carbocycles. The summed E-state index contributed by atoms with van der Waals surface area (Å²) in [4.78, 5) is 11.3. The molecule has 0 aliphatic rings. The Balaban J connectivity index is 2.68. The van der Waals surface area contributed by atoms with Crippen molar-refractivity contribution in [2.24, 2.45) is 0 Å². The van der Waals surface area contributed by atoms with Gasteiger partial charge in [-0.2, -0.15) is 0 Å². The molecule has 0 unspecified atom stereocenters. The van der Waals surface area contributed by atoms with Crippen molar-refractivity contribution >= 4 is 5.78 Å². The van der Waals surface area contributed by atoms with E-state index in [0.717, 1.165) is 0 Å². The molecule has 2 nitrogen and oxygen atoms in total. The van der Waals surface area contributed by atoms with Crippen LogP contribution < -0.4 is 4.74 Å². The number of carbonyl (C=O) groups excluding carboxylic acids is 1. The zero-order valence-electron chi connectivity index (χ0n) is 9.17. The maximum atomic E-state index is 11.9. The van der Waals surface area contributed by atoms with Gasteiger partial charge in [0, 0.05) is 6.42 Å². The molecule has 0 bridgehead atoms. The fourth-order valence-corrected chi connectivity index (χ4v) is 1.15. The van der Waals surface area contributed by atoms with E-state index in [0.29, 0.717) is 11.1 Å². The lowest BCUT2D eigenvalue weighted by atomic mass is 10.1. The van der Waals surface area contributed by atoms with Crippen LogP contribution in [0.15, 0.2) is 36.4 Å². The van der Waals surface area contributed by atoms with Crippen molar-refractivity contribution in [1.29, 1.82) is 0 Å². The number of alkyl halides is 3. The van der Waals surface area contributed by atoms with Crippen LogP contribution in [0, 0.1) is 0 Å². The summed E-state index contributed by atoms with van der Waals surface area (Å²) >= 11 is 0. The first-order valence-electron chi connectivity index (χ1n) is 4.81. The summed E-state index contributed by atoms with van der Waals surface area (Å²) in [6.45, 7) is 5.08. The number of carbonyl (C=O) groups is 1. The van der Waals surface area contributed by atoms with Gasteiger partial charge in [0.1, 0.15) is 5.75 Å². The number of hydrogen-bond acceptors (Lipinski definition) is 2. The molecular formula is C12H11F3O2. The van der Waals surface area contributed by atoms with Crippen molar-refractivity contribution in [2.45, 2.75) is 19.7 Å². The van der Waals surface area contributed by atoms with Gasteiger partial charge in [-0.25, -0.2) is 0 Å². The first-order chi connectivity index (χ1) is 7.78. The minimum Gasteiger partial charge on any atom is -0.406 e. The van der Waals surface area contributed by atoms with E-state index in [1.807, 2.05) is 0 Å². The van der Waals surface area contributed by atoms with Crippen molar-refractivity contribution in [1.82, 2.24) is 0 Å². The second-order valence-electron chi connectivity index (χ2n) is 3.57. The van der Waals surface area contributed by atoms with Gasteiger partial charge in [-0.05, 0) is 30.2 Å². The molecule has 92 valence electrons. The molecule has 0 saturated carbocycles. The van der Waals surface area contributed by atoms with Crippen molar-refractivity contribution in [3.63, 3.8) is 0 Å². The van der Waals surface area contributed by atoms with Gasteiger partial charge in [-0.1, -0.05) is 18.7 Å². The van der Waals surface area contributed by atoms with Crippen LogP contribution >= 0.6 is 0 Å². The van der Waals surface area contributed by atoms with Crippen molar-refractivity contribution in [3.8, 4) is 5.75 Å². The molecule has 0 radical (unpaired) electrons. The quantitative estimate of drug-likeness (QED) is 0.760. The molecule has 0 fully saturated rings. The highest BCUT2D eigenvalue weighted by molar-refractivity contribution is 5.95. The third kappa shape index (κ3) is 4.72. The summed E-state index contributed by atoms with van der Waals surface area (Å²) in [5.74, 6) is -0.446. The van der Waals surface area contributed by atoms with Crippen molar-refractivity contribution in [3.05, 3.63) is 42.0 Å². The van der Waals surface area contributed by atoms with E-state index in [1.165, 1.54) is 24.3 Å². The summed E-state index contributed by atoms with van der Waals surface area (Å²) in [5, 5.41) is 0. The second-order valence-corrected chi connectivity index (χ2v) is 3.57. The zero-order valence-corrected chi connectivity index (χ0v) is 9.17. The molecule has 17 heavy (non-hydrogen) atoms. The summed E-state index contributed by atoms with van der Waals surface area (Å²) in [6, 6.07) is 5.19. The van der Waals surface area contributed by atoms with E-state index in [9.17, 15) is 18.0 Å². The Morgan fingerprint density at radius 3 is 2.24 bits per heavy atom. The average Bonchev–Trinajstić information content (AvgIpc) is 2.18. The molecule has 0 atom stereocenters. The monoisotopic (exact) mass is 244 g/mol. The van der Waals surface area contributed by atoms with Gasteiger partial charge in [-0.3, -0.25) is 4.79 Å². The van der Waals surface area contributed by atoms with Gasteiger partial charge < -0.3 is 4.74 Å². The molecule has 5 heteroatoms. The predicted molar refractivity (Wildman–Crippen MR) is 56.7 cm³/mol. The van der Waals surface area contributed by atoms with Gasteiger partial charge in [0.05, 0.1) is 0 Å². The Labute approximate surface area is 96.7 Å². The minimum atomic E-state index is -4.70. The Bertz CT molecular complexity index is 418. The lowest BCUT2D eigenvalue weighted by Gasteiger charge is -2.09. The third-order valence-corrected chi connectivity index (χ3v) is 2.00. The topological polar surface area (TPSA) is 26.3 Å². The highest BCUT2D eigenvalue weighted by Gasteiger charge is 2.30. The summed E-state index contributed by atoms with van der Waals surface area (Å²) in [6.07, 6.45) is -4.57. The normalized spacial score (nSPS) is 11.1. The number of Topliss-reactive ketones (excluding diaryl/α,β-unsaturated/α-hetero) is 1. The largest absolute Gasteiger partial charge is 0.573 e. The summed E-state index contributed by atoms with van der Waals surface area (Å²) in [5.41, 5.74) is 1.04. The van der Waals surface area contributed by atoms with Gasteiger partial charge in [0.2, 0.25) is 0 Å². The van der Waals surface area contributed by atoms with E-state index < -0.39 is 6.36 Å². The molecule has 1 rings (SSSR count). The second kappa shape index (κ2) is 5.03. The lowest BCUT2D eigenvalue weighted by Crippen LogP contribution is -2.17. The van der Waals surface area contributed by atoms with Gasteiger partial charge in [-0.15, -0.1) is 13.2 Å². The van der Waals surface area contributed by atoms with E-state index in [2.05, 4.69) is 11.3 Å². The molecule has 0 spiro atoms. The van der Waals surface area contributed by atoms with Gasteiger partial charge in [0.15, 0.2) is 5.78 Å². The van der Waals surface area contributed by atoms with Crippen LogP contribution in [0.4, 0.5) is 13.2 Å². The number of benzene rings is 1. The smallest absolute Gasteiger partial charge is 0.406 e. The number of ether oxygens (including phenoxy) is 1. The molecule has 0 saturated heterocycles. The van der Waals surface area contributed by atoms with E-state index >= 15 is 0 Å². The van der Waals surface area contributed by atoms with E-state index in [4.69, 9.17) is 0 Å². The Morgan fingerprint density at radius 2 is 1.82 bits per heavy atom. The fraction of sp³-hybridized carbons (Fsp3) is 0.250. The Hall–Kier alpha value is -1.78. The van der Waals surface area contributed by atoms with Crippen LogP contribution in [-0.2, 0) is 11.2 Å². The van der Waals surface area contributed by atoms with Crippen LogP contribution in [0.2, 0.25) is 0 Å². The molecule has 1 aromatic rings. The molecule has 0 amide bonds. The summed E-state index contributed by atoms with van der Waals surface area (Å²) in [7, 11) is 0. The first kappa shape index (κ1) is 13.3. The molecule has 0 aliphatic carbocycles. The van der Waals surface area contributed by atoms with Crippen LogP contribution in [-0.4, -0.2) is 12.1 Å². The Kier molecular flexibility index (Phi) is 3.93. The maximum Gasteiger partial charge on any atom is 0.573 e. The van der Waals surface area contributed by atoms with Gasteiger partial charge in [0.25, 0.3) is 0 Å². The zero-order chi connectivity index (χ0) is 13.1. The number of hydrogen-bond donors (Lipinski definition) is 0. The SMILES string of the molecule is C=C(C)C(=O)Cc1ccc(OC(F)(F)F)cc1. The number of ketones is 1. The standard InChI is InChI=1S/C12H11F3O2/c1-8(2)11(16)7-9-3-5-10(6-4-9)17-12(13,14)15/h3-6H,1,7H2,2H3. The van der Waals surface area contributed by atoms with Gasteiger partial charge >= 0.3 is 6.36 Å². The molecular weight excluding hydrogens is 233 g/mol. The first-order valence-corrected chi connectivity index (χ1v) is 4.81. The van der Waals surface area contributed by atoms with Crippen LogP contribution in [0.25, 0.3) is 0 Å². The lowest BCUT2D eigenvalue weighted by molar-refractivity contribution is -0.274. The maximum absolute atomic E-state index is 11.9. The highest BCUT2D eigenvalue weighted by atomic mass is 19.4. The average molecular weight is 244 g/mol.